The van der Waals surface area contributed by atoms with Gasteiger partial charge < -0.3 is 14.6 Å². The van der Waals surface area contributed by atoms with Crippen LogP contribution in [0.2, 0.25) is 0 Å². The van der Waals surface area contributed by atoms with Gasteiger partial charge in [-0.1, -0.05) is 49.4 Å². The molecule has 1 N–H and O–H groups in total. The van der Waals surface area contributed by atoms with Gasteiger partial charge in [-0.3, -0.25) is 4.79 Å². The summed E-state index contributed by atoms with van der Waals surface area (Å²) in [7, 11) is 0. The van der Waals surface area contributed by atoms with Crippen molar-refractivity contribution in [3.63, 3.8) is 0 Å². The van der Waals surface area contributed by atoms with Crippen LogP contribution in [-0.4, -0.2) is 15.6 Å². The van der Waals surface area contributed by atoms with Crippen LogP contribution < -0.4 is 10.1 Å². The molecule has 0 atom stereocenters. The number of nitrogens with zero attached hydrogens (tertiary/aromatic N) is 2. The lowest BCUT2D eigenvalue weighted by Gasteiger charge is -2.11. The fourth-order valence-corrected chi connectivity index (χ4v) is 5.14. The van der Waals surface area contributed by atoms with E-state index in [1.165, 1.54) is 17.3 Å². The number of aryl methyl sites for hydroxylation is 2. The summed E-state index contributed by atoms with van der Waals surface area (Å²) in [5.74, 6) is 0.700. The molecule has 1 amide bonds. The number of carbonyl (C=O) groups excluding carboxylic acids is 1. The highest BCUT2D eigenvalue weighted by Crippen LogP contribution is 2.31. The molecule has 186 valence electrons. The van der Waals surface area contributed by atoms with Crippen LogP contribution in [-0.2, 0) is 17.8 Å². The molecule has 6 heteroatoms. The molecule has 5 nitrogen and oxygen atoms in total. The Balaban J connectivity index is 1.31. The molecule has 0 spiro atoms. The number of aromatic nitrogens is 1. The van der Waals surface area contributed by atoms with E-state index in [0.717, 1.165) is 46.1 Å². The van der Waals surface area contributed by atoms with Crippen molar-refractivity contribution in [2.75, 3.05) is 0 Å². The average Bonchev–Trinajstić information content (AvgIpc) is 3.41. The third-order valence-electron chi connectivity index (χ3n) is 6.33. The zero-order valence-electron chi connectivity index (χ0n) is 21.2. The molecule has 1 aliphatic heterocycles. The normalized spacial score (nSPS) is 15.4. The van der Waals surface area contributed by atoms with E-state index in [-0.39, 0.29) is 5.91 Å². The molecule has 2 heterocycles. The van der Waals surface area contributed by atoms with Crippen molar-refractivity contribution in [1.29, 1.82) is 0 Å². The Morgan fingerprint density at radius 2 is 1.68 bits per heavy atom. The monoisotopic (exact) mass is 507 g/mol. The molecule has 1 fully saturated rings. The molecule has 0 saturated carbocycles. The van der Waals surface area contributed by atoms with Gasteiger partial charge in [-0.15, -0.1) is 0 Å². The van der Waals surface area contributed by atoms with Crippen molar-refractivity contribution in [2.45, 2.75) is 33.8 Å². The van der Waals surface area contributed by atoms with Gasteiger partial charge in [-0.05, 0) is 97.3 Å². The first-order valence-corrected chi connectivity index (χ1v) is 13.2. The quantitative estimate of drug-likeness (QED) is 0.271. The Kier molecular flexibility index (Phi) is 7.28. The Bertz CT molecular complexity index is 1470. The highest BCUT2D eigenvalue weighted by Gasteiger charge is 2.24. The van der Waals surface area contributed by atoms with Crippen molar-refractivity contribution in [3.8, 4) is 11.4 Å². The van der Waals surface area contributed by atoms with Crippen LogP contribution in [0.4, 0.5) is 5.69 Å². The number of hydrogen-bond donors (Lipinski definition) is 1. The minimum Gasteiger partial charge on any atom is -0.489 e. The molecule has 37 heavy (non-hydrogen) atoms. The number of thioether (sulfide) groups is 1. The van der Waals surface area contributed by atoms with Gasteiger partial charge in [0.15, 0.2) is 5.17 Å². The van der Waals surface area contributed by atoms with Gasteiger partial charge in [0.2, 0.25) is 0 Å². The van der Waals surface area contributed by atoms with Gasteiger partial charge in [0.05, 0.1) is 10.6 Å². The van der Waals surface area contributed by atoms with Gasteiger partial charge in [0.25, 0.3) is 5.91 Å². The maximum absolute atomic E-state index is 12.7. The van der Waals surface area contributed by atoms with Gasteiger partial charge in [-0.25, -0.2) is 4.99 Å². The molecule has 3 aromatic carbocycles. The lowest BCUT2D eigenvalue weighted by atomic mass is 10.2. The molecule has 1 saturated heterocycles. The molecular weight excluding hydrogens is 478 g/mol. The fraction of sp³-hybridized carbons (Fsp3) is 0.161. The number of amides is 1. The number of ether oxygens (including phenoxy) is 1. The molecule has 4 aromatic rings. The lowest BCUT2D eigenvalue weighted by molar-refractivity contribution is -0.115. The van der Waals surface area contributed by atoms with Gasteiger partial charge in [-0.2, -0.15) is 0 Å². The van der Waals surface area contributed by atoms with Gasteiger partial charge in [0, 0.05) is 17.1 Å². The number of hydrogen-bond acceptors (Lipinski definition) is 4. The van der Waals surface area contributed by atoms with Crippen LogP contribution in [0.25, 0.3) is 11.8 Å². The molecule has 1 aliphatic rings. The van der Waals surface area contributed by atoms with E-state index in [2.05, 4.69) is 78.1 Å². The second-order valence-corrected chi connectivity index (χ2v) is 9.96. The molecule has 0 bridgehead atoms. The second kappa shape index (κ2) is 10.9. The fourth-order valence-electron chi connectivity index (χ4n) is 4.31. The summed E-state index contributed by atoms with van der Waals surface area (Å²) in [6.07, 6.45) is 2.93. The van der Waals surface area contributed by atoms with Crippen molar-refractivity contribution in [1.82, 2.24) is 9.88 Å². The van der Waals surface area contributed by atoms with Crippen molar-refractivity contribution in [2.24, 2.45) is 4.99 Å². The number of aliphatic imine (C=N–C) groups is 1. The molecule has 0 aliphatic carbocycles. The first-order chi connectivity index (χ1) is 18.0. The van der Waals surface area contributed by atoms with E-state index < -0.39 is 0 Å². The van der Waals surface area contributed by atoms with Crippen molar-refractivity contribution >= 4 is 34.6 Å². The van der Waals surface area contributed by atoms with E-state index >= 15 is 0 Å². The highest BCUT2D eigenvalue weighted by molar-refractivity contribution is 8.18. The van der Waals surface area contributed by atoms with Crippen LogP contribution in [0, 0.1) is 13.8 Å². The van der Waals surface area contributed by atoms with Crippen LogP contribution in [0.5, 0.6) is 5.75 Å². The topological polar surface area (TPSA) is 55.6 Å². The Morgan fingerprint density at radius 1 is 0.946 bits per heavy atom. The maximum Gasteiger partial charge on any atom is 0.264 e. The van der Waals surface area contributed by atoms with E-state index in [9.17, 15) is 4.79 Å². The molecule has 5 rings (SSSR count). The second-order valence-electron chi connectivity index (χ2n) is 8.93. The van der Waals surface area contributed by atoms with Gasteiger partial charge >= 0.3 is 0 Å². The summed E-state index contributed by atoms with van der Waals surface area (Å²) in [5, 5.41) is 3.49. The van der Waals surface area contributed by atoms with Crippen molar-refractivity contribution < 1.29 is 9.53 Å². The summed E-state index contributed by atoms with van der Waals surface area (Å²) >= 11 is 1.37. The van der Waals surface area contributed by atoms with E-state index in [1.54, 1.807) is 0 Å². The van der Waals surface area contributed by atoms with E-state index in [4.69, 9.17) is 4.74 Å². The summed E-state index contributed by atoms with van der Waals surface area (Å²) in [6, 6.07) is 28.4. The molecule has 1 aromatic heterocycles. The summed E-state index contributed by atoms with van der Waals surface area (Å²) in [5.41, 5.74) is 7.44. The minimum absolute atomic E-state index is 0.126. The first kappa shape index (κ1) is 24.7. The largest absolute Gasteiger partial charge is 0.489 e. The van der Waals surface area contributed by atoms with E-state index in [0.29, 0.717) is 16.7 Å². The number of rotatable bonds is 7. The van der Waals surface area contributed by atoms with Crippen molar-refractivity contribution in [3.05, 3.63) is 118 Å². The third kappa shape index (κ3) is 5.70. The Morgan fingerprint density at radius 3 is 2.38 bits per heavy atom. The average molecular weight is 508 g/mol. The SMILES string of the molecule is CCc1ccc(N=C2NC(=O)/C(=C/c3cc(C)n(-c4ccc(OCc5ccccc5)cc4)c3C)S2)cc1. The van der Waals surface area contributed by atoms with Gasteiger partial charge in [0.1, 0.15) is 12.4 Å². The van der Waals surface area contributed by atoms with Crippen LogP contribution in [0.1, 0.15) is 35.0 Å². The predicted octanol–water partition coefficient (Wildman–Crippen LogP) is 7.13. The standard InChI is InChI=1S/C31H29N3O2S/c1-4-23-10-12-26(13-11-23)32-31-33-30(35)29(37-31)19-25-18-21(2)34(22(25)3)27-14-16-28(17-15-27)36-20-24-8-6-5-7-9-24/h5-19H,4,20H2,1-3H3,(H,32,33,35)/b29-19-. The Hall–Kier alpha value is -4.03. The number of amidine groups is 1. The third-order valence-corrected chi connectivity index (χ3v) is 7.24. The predicted molar refractivity (Wildman–Crippen MR) is 153 cm³/mol. The number of carbonyl (C=O) groups is 1. The summed E-state index contributed by atoms with van der Waals surface area (Å²) in [6.45, 7) is 6.80. The first-order valence-electron chi connectivity index (χ1n) is 12.3. The zero-order chi connectivity index (χ0) is 25.8. The van der Waals surface area contributed by atoms with Crippen LogP contribution in [0.15, 0.2) is 94.8 Å². The summed E-state index contributed by atoms with van der Waals surface area (Å²) in [4.78, 5) is 17.9. The van der Waals surface area contributed by atoms with Crippen LogP contribution >= 0.6 is 11.8 Å². The maximum atomic E-state index is 12.7. The smallest absolute Gasteiger partial charge is 0.264 e. The lowest BCUT2D eigenvalue weighted by Crippen LogP contribution is -2.19. The number of nitrogens with one attached hydrogen (secondary N) is 1. The minimum atomic E-state index is -0.126. The zero-order valence-corrected chi connectivity index (χ0v) is 22.0. The molecule has 0 unspecified atom stereocenters. The Labute approximate surface area is 221 Å². The summed E-state index contributed by atoms with van der Waals surface area (Å²) < 4.78 is 8.13. The molecular formula is C31H29N3O2S. The van der Waals surface area contributed by atoms with Crippen LogP contribution in [0.3, 0.4) is 0 Å². The highest BCUT2D eigenvalue weighted by atomic mass is 32.2. The van der Waals surface area contributed by atoms with E-state index in [1.807, 2.05) is 48.5 Å². The molecule has 0 radical (unpaired) electrons. The number of benzene rings is 3.